The molecule has 0 spiro atoms. The molecule has 1 aromatic heterocycles. The molecule has 122 valence electrons. The van der Waals surface area contributed by atoms with Gasteiger partial charge in [0.2, 0.25) is 0 Å². The molecular formula is C18H28N2O2. The number of ether oxygens (including phenoxy) is 1. The average Bonchev–Trinajstić information content (AvgIpc) is 3.13. The summed E-state index contributed by atoms with van der Waals surface area (Å²) in [4.78, 5) is 15.0. The summed E-state index contributed by atoms with van der Waals surface area (Å²) in [6.45, 7) is 12.6. The Morgan fingerprint density at radius 1 is 1.36 bits per heavy atom. The van der Waals surface area contributed by atoms with Crippen LogP contribution in [0.2, 0.25) is 0 Å². The predicted octanol–water partition coefficient (Wildman–Crippen LogP) is 3.12. The van der Waals surface area contributed by atoms with Crippen LogP contribution in [-0.2, 0) is 4.74 Å². The maximum Gasteiger partial charge on any atom is 0.178 e. The van der Waals surface area contributed by atoms with Crippen LogP contribution in [0.25, 0.3) is 0 Å². The molecule has 0 radical (unpaired) electrons. The Labute approximate surface area is 133 Å². The Kier molecular flexibility index (Phi) is 3.94. The van der Waals surface area contributed by atoms with Crippen molar-refractivity contribution in [1.29, 1.82) is 0 Å². The number of ketones is 1. The second kappa shape index (κ2) is 5.50. The van der Waals surface area contributed by atoms with Crippen molar-refractivity contribution in [3.8, 4) is 0 Å². The van der Waals surface area contributed by atoms with E-state index in [0.29, 0.717) is 12.6 Å². The summed E-state index contributed by atoms with van der Waals surface area (Å²) >= 11 is 0. The Hall–Kier alpha value is -1.13. The first kappa shape index (κ1) is 15.8. The smallest absolute Gasteiger partial charge is 0.178 e. The summed E-state index contributed by atoms with van der Waals surface area (Å²) < 4.78 is 8.27. The number of aryl methyl sites for hydroxylation is 1. The van der Waals surface area contributed by atoms with Crippen LogP contribution in [0.3, 0.4) is 0 Å². The van der Waals surface area contributed by atoms with Crippen molar-refractivity contribution in [1.82, 2.24) is 9.47 Å². The number of hydrogen-bond acceptors (Lipinski definition) is 3. The standard InChI is InChI=1S/C18H28N2O2/c1-12-8-16(14(3)20(12)15-6-7-15)17(21)10-19-9-13(2)22-18(4,5)11-19/h8,13,15H,6-7,9-11H2,1-5H3. The van der Waals surface area contributed by atoms with E-state index in [1.807, 2.05) is 0 Å². The molecule has 1 atom stereocenters. The molecule has 0 aromatic carbocycles. The normalized spacial score (nSPS) is 25.4. The number of morpholine rings is 1. The zero-order chi connectivity index (χ0) is 16.1. The largest absolute Gasteiger partial charge is 0.370 e. The quantitative estimate of drug-likeness (QED) is 0.802. The van der Waals surface area contributed by atoms with Gasteiger partial charge in [-0.25, -0.2) is 0 Å². The molecule has 0 N–H and O–H groups in total. The molecule has 2 aliphatic rings. The highest BCUT2D eigenvalue weighted by Crippen LogP contribution is 2.38. The van der Waals surface area contributed by atoms with E-state index in [1.165, 1.54) is 18.5 Å². The van der Waals surface area contributed by atoms with Gasteiger partial charge in [-0.1, -0.05) is 0 Å². The molecule has 0 amide bonds. The summed E-state index contributed by atoms with van der Waals surface area (Å²) in [5, 5.41) is 0. The van der Waals surface area contributed by atoms with Gasteiger partial charge in [-0.15, -0.1) is 0 Å². The van der Waals surface area contributed by atoms with Crippen molar-refractivity contribution in [2.24, 2.45) is 0 Å². The number of Topliss-reactive ketones (excluding diaryl/α,β-unsaturated/α-hetero) is 1. The Morgan fingerprint density at radius 3 is 2.64 bits per heavy atom. The fourth-order valence-electron chi connectivity index (χ4n) is 3.95. The molecule has 4 nitrogen and oxygen atoms in total. The van der Waals surface area contributed by atoms with E-state index in [9.17, 15) is 4.79 Å². The lowest BCUT2D eigenvalue weighted by Gasteiger charge is -2.41. The minimum atomic E-state index is -0.178. The first-order chi connectivity index (χ1) is 10.3. The van der Waals surface area contributed by atoms with Gasteiger partial charge in [0.05, 0.1) is 18.2 Å². The number of aromatic nitrogens is 1. The van der Waals surface area contributed by atoms with Crippen LogP contribution in [0.15, 0.2) is 6.07 Å². The maximum absolute atomic E-state index is 12.8. The van der Waals surface area contributed by atoms with Gasteiger partial charge in [-0.3, -0.25) is 9.69 Å². The second-order valence-corrected chi connectivity index (χ2v) is 7.67. The molecular weight excluding hydrogens is 276 g/mol. The highest BCUT2D eigenvalue weighted by molar-refractivity contribution is 5.99. The monoisotopic (exact) mass is 304 g/mol. The van der Waals surface area contributed by atoms with Gasteiger partial charge in [0.15, 0.2) is 5.78 Å². The van der Waals surface area contributed by atoms with E-state index in [-0.39, 0.29) is 17.5 Å². The molecule has 0 bridgehead atoms. The summed E-state index contributed by atoms with van der Waals surface area (Å²) in [7, 11) is 0. The van der Waals surface area contributed by atoms with E-state index in [1.54, 1.807) is 0 Å². The minimum Gasteiger partial charge on any atom is -0.370 e. The van der Waals surface area contributed by atoms with Crippen molar-refractivity contribution in [2.45, 2.75) is 65.2 Å². The van der Waals surface area contributed by atoms with Gasteiger partial charge < -0.3 is 9.30 Å². The summed E-state index contributed by atoms with van der Waals surface area (Å²) in [5.41, 5.74) is 3.09. The van der Waals surface area contributed by atoms with Crippen LogP contribution in [-0.4, -0.2) is 46.6 Å². The SMILES string of the molecule is Cc1cc(C(=O)CN2CC(C)OC(C)(C)C2)c(C)n1C1CC1. The minimum absolute atomic E-state index is 0.176. The van der Waals surface area contributed by atoms with Crippen LogP contribution < -0.4 is 0 Å². The predicted molar refractivity (Wildman–Crippen MR) is 87.6 cm³/mol. The highest BCUT2D eigenvalue weighted by atomic mass is 16.5. The maximum atomic E-state index is 12.8. The zero-order valence-corrected chi connectivity index (χ0v) is 14.5. The van der Waals surface area contributed by atoms with Gasteiger partial charge in [-0.05, 0) is 53.5 Å². The highest BCUT2D eigenvalue weighted by Gasteiger charge is 2.33. The van der Waals surface area contributed by atoms with Crippen LogP contribution in [0.4, 0.5) is 0 Å². The Balaban J connectivity index is 1.73. The molecule has 1 aliphatic heterocycles. The first-order valence-electron chi connectivity index (χ1n) is 8.38. The third-order valence-corrected chi connectivity index (χ3v) is 4.70. The van der Waals surface area contributed by atoms with Gasteiger partial charge in [0.1, 0.15) is 0 Å². The molecule has 1 saturated heterocycles. The molecule has 3 rings (SSSR count). The summed E-state index contributed by atoms with van der Waals surface area (Å²) in [5.74, 6) is 0.241. The van der Waals surface area contributed by atoms with E-state index in [4.69, 9.17) is 4.74 Å². The molecule has 22 heavy (non-hydrogen) atoms. The van der Waals surface area contributed by atoms with Crippen molar-refractivity contribution in [3.63, 3.8) is 0 Å². The first-order valence-corrected chi connectivity index (χ1v) is 8.38. The van der Waals surface area contributed by atoms with Crippen LogP contribution in [0.5, 0.6) is 0 Å². The Bertz CT molecular complexity index is 584. The van der Waals surface area contributed by atoms with Crippen molar-refractivity contribution < 1.29 is 9.53 Å². The average molecular weight is 304 g/mol. The summed E-state index contributed by atoms with van der Waals surface area (Å²) in [6, 6.07) is 2.70. The number of nitrogens with zero attached hydrogens (tertiary/aromatic N) is 2. The fourth-order valence-corrected chi connectivity index (χ4v) is 3.95. The number of carbonyl (C=O) groups excluding carboxylic acids is 1. The number of rotatable bonds is 4. The molecule has 1 aliphatic carbocycles. The molecule has 1 unspecified atom stereocenters. The topological polar surface area (TPSA) is 34.5 Å². The third kappa shape index (κ3) is 3.13. The van der Waals surface area contributed by atoms with Crippen molar-refractivity contribution >= 4 is 5.78 Å². The van der Waals surface area contributed by atoms with Crippen molar-refractivity contribution in [3.05, 3.63) is 23.0 Å². The third-order valence-electron chi connectivity index (χ3n) is 4.70. The van der Waals surface area contributed by atoms with E-state index < -0.39 is 0 Å². The molecule has 2 fully saturated rings. The number of hydrogen-bond donors (Lipinski definition) is 0. The van der Waals surface area contributed by atoms with E-state index in [2.05, 4.69) is 50.2 Å². The van der Waals surface area contributed by atoms with Crippen LogP contribution >= 0.6 is 0 Å². The lowest BCUT2D eigenvalue weighted by Crippen LogP contribution is -2.53. The second-order valence-electron chi connectivity index (χ2n) is 7.67. The zero-order valence-electron chi connectivity index (χ0n) is 14.5. The molecule has 4 heteroatoms. The van der Waals surface area contributed by atoms with Crippen LogP contribution in [0, 0.1) is 13.8 Å². The van der Waals surface area contributed by atoms with Gasteiger partial charge in [0, 0.05) is 36.1 Å². The lowest BCUT2D eigenvalue weighted by atomic mass is 10.0. The molecule has 1 saturated carbocycles. The van der Waals surface area contributed by atoms with Gasteiger partial charge in [0.25, 0.3) is 0 Å². The van der Waals surface area contributed by atoms with Gasteiger partial charge >= 0.3 is 0 Å². The fraction of sp³-hybridized carbons (Fsp3) is 0.722. The number of carbonyl (C=O) groups is 1. The lowest BCUT2D eigenvalue weighted by molar-refractivity contribution is -0.126. The molecule has 1 aromatic rings. The van der Waals surface area contributed by atoms with Crippen molar-refractivity contribution in [2.75, 3.05) is 19.6 Å². The van der Waals surface area contributed by atoms with Crippen LogP contribution in [0.1, 0.15) is 61.4 Å². The Morgan fingerprint density at radius 2 is 2.05 bits per heavy atom. The summed E-state index contributed by atoms with van der Waals surface area (Å²) in [6.07, 6.45) is 2.67. The van der Waals surface area contributed by atoms with E-state index >= 15 is 0 Å². The molecule has 2 heterocycles. The van der Waals surface area contributed by atoms with Gasteiger partial charge in [-0.2, -0.15) is 0 Å². The van der Waals surface area contributed by atoms with E-state index in [0.717, 1.165) is 24.3 Å².